The highest BCUT2D eigenvalue weighted by Gasteiger charge is 2.17. The number of aliphatic hydroxyl groups excluding tert-OH is 1. The SMILES string of the molecule is COc1cc(C(O)c2cc(C)c(F)cc2Cl)ccc1F. The molecule has 1 atom stereocenters. The number of aliphatic hydroxyl groups is 1. The van der Waals surface area contributed by atoms with Crippen LogP contribution in [0.2, 0.25) is 5.02 Å². The minimum atomic E-state index is -1.09. The van der Waals surface area contributed by atoms with Gasteiger partial charge in [0.15, 0.2) is 11.6 Å². The Labute approximate surface area is 120 Å². The molecule has 0 radical (unpaired) electrons. The third-order valence-corrected chi connectivity index (χ3v) is 3.39. The number of hydrogen-bond acceptors (Lipinski definition) is 2. The molecule has 2 aromatic rings. The maximum absolute atomic E-state index is 13.4. The largest absolute Gasteiger partial charge is 0.494 e. The molecular weight excluding hydrogens is 286 g/mol. The Morgan fingerprint density at radius 1 is 1.15 bits per heavy atom. The Hall–Kier alpha value is -1.65. The molecule has 1 N–H and O–H groups in total. The molecule has 0 spiro atoms. The lowest BCUT2D eigenvalue weighted by atomic mass is 9.99. The molecule has 1 unspecified atom stereocenters. The van der Waals surface area contributed by atoms with Gasteiger partial charge in [0.05, 0.1) is 7.11 Å². The zero-order chi connectivity index (χ0) is 14.9. The molecule has 0 amide bonds. The van der Waals surface area contributed by atoms with Gasteiger partial charge in [-0.3, -0.25) is 0 Å². The summed E-state index contributed by atoms with van der Waals surface area (Å²) in [6, 6.07) is 6.63. The predicted octanol–water partition coefficient (Wildman–Crippen LogP) is 4.02. The highest BCUT2D eigenvalue weighted by atomic mass is 35.5. The van der Waals surface area contributed by atoms with E-state index in [0.29, 0.717) is 16.7 Å². The summed E-state index contributed by atoms with van der Waals surface area (Å²) < 4.78 is 31.6. The Morgan fingerprint density at radius 2 is 1.85 bits per heavy atom. The lowest BCUT2D eigenvalue weighted by Crippen LogP contribution is -2.03. The summed E-state index contributed by atoms with van der Waals surface area (Å²) in [5, 5.41) is 10.4. The van der Waals surface area contributed by atoms with Crippen molar-refractivity contribution in [3.63, 3.8) is 0 Å². The second-order valence-corrected chi connectivity index (χ2v) is 4.83. The van der Waals surface area contributed by atoms with Gasteiger partial charge < -0.3 is 9.84 Å². The van der Waals surface area contributed by atoms with Gasteiger partial charge in [0, 0.05) is 10.6 Å². The van der Waals surface area contributed by atoms with Crippen molar-refractivity contribution in [1.82, 2.24) is 0 Å². The first-order chi connectivity index (χ1) is 9.43. The molecule has 0 bridgehead atoms. The molecule has 0 aromatic heterocycles. The summed E-state index contributed by atoms with van der Waals surface area (Å²) in [7, 11) is 1.34. The van der Waals surface area contributed by atoms with Gasteiger partial charge in [-0.25, -0.2) is 8.78 Å². The predicted molar refractivity (Wildman–Crippen MR) is 73.2 cm³/mol. The fourth-order valence-corrected chi connectivity index (χ4v) is 2.17. The smallest absolute Gasteiger partial charge is 0.165 e. The molecule has 2 rings (SSSR count). The average Bonchev–Trinajstić information content (AvgIpc) is 2.42. The summed E-state index contributed by atoms with van der Waals surface area (Å²) in [6.07, 6.45) is -1.09. The molecular formula is C15H13ClF2O2. The highest BCUT2D eigenvalue weighted by molar-refractivity contribution is 6.31. The van der Waals surface area contributed by atoms with Crippen LogP contribution in [0.15, 0.2) is 30.3 Å². The van der Waals surface area contributed by atoms with E-state index < -0.39 is 17.7 Å². The molecule has 0 aliphatic carbocycles. The highest BCUT2D eigenvalue weighted by Crippen LogP contribution is 2.32. The van der Waals surface area contributed by atoms with Gasteiger partial charge in [-0.2, -0.15) is 0 Å². The number of aryl methyl sites for hydroxylation is 1. The van der Waals surface area contributed by atoms with E-state index in [0.717, 1.165) is 6.07 Å². The number of rotatable bonds is 3. The molecule has 20 heavy (non-hydrogen) atoms. The molecule has 0 saturated heterocycles. The van der Waals surface area contributed by atoms with Gasteiger partial charge in [-0.15, -0.1) is 0 Å². The Kier molecular flexibility index (Phi) is 4.26. The molecule has 0 fully saturated rings. The van der Waals surface area contributed by atoms with Crippen molar-refractivity contribution in [2.45, 2.75) is 13.0 Å². The second kappa shape index (κ2) is 5.77. The average molecular weight is 299 g/mol. The van der Waals surface area contributed by atoms with Crippen molar-refractivity contribution in [2.75, 3.05) is 7.11 Å². The van der Waals surface area contributed by atoms with Crippen LogP contribution in [0.5, 0.6) is 5.75 Å². The van der Waals surface area contributed by atoms with Crippen LogP contribution in [-0.4, -0.2) is 12.2 Å². The third-order valence-electron chi connectivity index (χ3n) is 3.06. The van der Waals surface area contributed by atoms with Crippen molar-refractivity contribution in [2.24, 2.45) is 0 Å². The normalized spacial score (nSPS) is 12.3. The maximum atomic E-state index is 13.4. The summed E-state index contributed by atoms with van der Waals surface area (Å²) in [4.78, 5) is 0. The first-order valence-electron chi connectivity index (χ1n) is 5.91. The fourth-order valence-electron chi connectivity index (χ4n) is 1.92. The number of benzene rings is 2. The first kappa shape index (κ1) is 14.8. The van der Waals surface area contributed by atoms with Gasteiger partial charge in [0.25, 0.3) is 0 Å². The van der Waals surface area contributed by atoms with Crippen molar-refractivity contribution in [3.8, 4) is 5.75 Å². The molecule has 2 nitrogen and oxygen atoms in total. The molecule has 106 valence electrons. The van der Waals surface area contributed by atoms with Crippen LogP contribution >= 0.6 is 11.6 Å². The number of methoxy groups -OCH3 is 1. The van der Waals surface area contributed by atoms with E-state index in [1.165, 1.54) is 31.4 Å². The summed E-state index contributed by atoms with van der Waals surface area (Å²) in [5.74, 6) is -0.941. The number of hydrogen-bond donors (Lipinski definition) is 1. The molecule has 0 aliphatic heterocycles. The quantitative estimate of drug-likeness (QED) is 0.927. The van der Waals surface area contributed by atoms with E-state index in [4.69, 9.17) is 16.3 Å². The van der Waals surface area contributed by atoms with E-state index >= 15 is 0 Å². The van der Waals surface area contributed by atoms with Crippen molar-refractivity contribution in [1.29, 1.82) is 0 Å². The number of halogens is 3. The van der Waals surface area contributed by atoms with Crippen LogP contribution in [0.3, 0.4) is 0 Å². The second-order valence-electron chi connectivity index (χ2n) is 4.42. The van der Waals surface area contributed by atoms with Gasteiger partial charge in [-0.05, 0) is 42.3 Å². The molecule has 0 aliphatic rings. The van der Waals surface area contributed by atoms with Crippen LogP contribution in [0, 0.1) is 18.6 Å². The van der Waals surface area contributed by atoms with Crippen LogP contribution in [0.1, 0.15) is 22.8 Å². The van der Waals surface area contributed by atoms with Crippen LogP contribution in [0.25, 0.3) is 0 Å². The van der Waals surface area contributed by atoms with Crippen LogP contribution in [0.4, 0.5) is 8.78 Å². The Morgan fingerprint density at radius 3 is 2.50 bits per heavy atom. The van der Waals surface area contributed by atoms with E-state index in [-0.39, 0.29) is 10.8 Å². The third kappa shape index (κ3) is 2.76. The zero-order valence-electron chi connectivity index (χ0n) is 11.0. The minimum absolute atomic E-state index is 0.0245. The Bertz CT molecular complexity index is 644. The lowest BCUT2D eigenvalue weighted by molar-refractivity contribution is 0.219. The van der Waals surface area contributed by atoms with Gasteiger partial charge >= 0.3 is 0 Å². The van der Waals surface area contributed by atoms with E-state index in [9.17, 15) is 13.9 Å². The van der Waals surface area contributed by atoms with Crippen molar-refractivity contribution >= 4 is 11.6 Å². The standard InChI is InChI=1S/C15H13ClF2O2/c1-8-5-10(11(16)7-13(8)18)15(19)9-3-4-12(17)14(6-9)20-2/h3-7,15,19H,1-2H3. The van der Waals surface area contributed by atoms with E-state index in [1.807, 2.05) is 0 Å². The lowest BCUT2D eigenvalue weighted by Gasteiger charge is -2.15. The topological polar surface area (TPSA) is 29.5 Å². The van der Waals surface area contributed by atoms with Gasteiger partial charge in [0.2, 0.25) is 0 Å². The van der Waals surface area contributed by atoms with Crippen molar-refractivity contribution in [3.05, 3.63) is 63.7 Å². The van der Waals surface area contributed by atoms with E-state index in [2.05, 4.69) is 0 Å². The molecule has 0 saturated carbocycles. The van der Waals surface area contributed by atoms with Crippen LogP contribution in [-0.2, 0) is 0 Å². The van der Waals surface area contributed by atoms with Crippen molar-refractivity contribution < 1.29 is 18.6 Å². The Balaban J connectivity index is 2.46. The summed E-state index contributed by atoms with van der Waals surface area (Å²) >= 11 is 5.95. The first-order valence-corrected chi connectivity index (χ1v) is 6.29. The summed E-state index contributed by atoms with van der Waals surface area (Å²) in [5.41, 5.74) is 1.15. The zero-order valence-corrected chi connectivity index (χ0v) is 11.7. The van der Waals surface area contributed by atoms with E-state index in [1.54, 1.807) is 6.92 Å². The van der Waals surface area contributed by atoms with Gasteiger partial charge in [0.1, 0.15) is 11.9 Å². The summed E-state index contributed by atoms with van der Waals surface area (Å²) in [6.45, 7) is 1.58. The minimum Gasteiger partial charge on any atom is -0.494 e. The monoisotopic (exact) mass is 298 g/mol. The van der Waals surface area contributed by atoms with Crippen LogP contribution < -0.4 is 4.74 Å². The fraction of sp³-hybridized carbons (Fsp3) is 0.200. The number of ether oxygens (including phenoxy) is 1. The van der Waals surface area contributed by atoms with Gasteiger partial charge in [-0.1, -0.05) is 17.7 Å². The maximum Gasteiger partial charge on any atom is 0.165 e. The molecule has 0 heterocycles. The molecule has 5 heteroatoms. The molecule has 2 aromatic carbocycles.